The topological polar surface area (TPSA) is 289 Å². The second-order valence-corrected chi connectivity index (χ2v) is 25.5. The predicted octanol–water partition coefficient (Wildman–Crippen LogP) is 3.84. The average molecular weight is 961 g/mol. The molecular weight excluding hydrogens is 908 g/mol. The summed E-state index contributed by atoms with van der Waals surface area (Å²) in [6.07, 6.45) is 0.641. The smallest absolute Gasteiger partial charge is 0.409 e. The van der Waals surface area contributed by atoms with Crippen molar-refractivity contribution in [3.8, 4) is 6.07 Å². The minimum absolute atomic E-state index is 0.00289. The number of anilines is 1. The van der Waals surface area contributed by atoms with Gasteiger partial charge in [0.2, 0.25) is 5.95 Å². The van der Waals surface area contributed by atoms with Crippen molar-refractivity contribution < 1.29 is 47.0 Å². The van der Waals surface area contributed by atoms with Crippen molar-refractivity contribution in [2.45, 2.75) is 94.0 Å². The highest BCUT2D eigenvalue weighted by molar-refractivity contribution is 7.48. The van der Waals surface area contributed by atoms with Crippen LogP contribution in [-0.2, 0) is 32.0 Å². The molecule has 4 aliphatic rings. The number of fused-ring (bicyclic) bond motifs is 5. The van der Waals surface area contributed by atoms with Crippen LogP contribution in [0.3, 0.4) is 0 Å². The maximum absolute atomic E-state index is 15.0. The summed E-state index contributed by atoms with van der Waals surface area (Å²) in [5, 5.41) is 35.3. The molecule has 0 radical (unpaired) electrons. The number of aromatic amines is 1. The minimum Gasteiger partial charge on any atom is -0.409 e. The van der Waals surface area contributed by atoms with Crippen LogP contribution in [0.15, 0.2) is 59.1 Å². The molecule has 25 heteroatoms. The third-order valence-corrected chi connectivity index (χ3v) is 19.5. The van der Waals surface area contributed by atoms with Gasteiger partial charge in [-0.15, -0.1) is 0 Å². The number of phosphoric ester groups is 1. The number of amides is 1. The van der Waals surface area contributed by atoms with Crippen LogP contribution < -0.4 is 10.9 Å². The summed E-state index contributed by atoms with van der Waals surface area (Å²) >= 11 is 0. The summed E-state index contributed by atoms with van der Waals surface area (Å²) in [5.41, 5.74) is -1.88. The van der Waals surface area contributed by atoms with E-state index in [4.69, 9.17) is 27.5 Å². The fourth-order valence-corrected chi connectivity index (χ4v) is 11.7. The summed E-state index contributed by atoms with van der Waals surface area (Å²) in [6.45, 7) is 9.01. The van der Waals surface area contributed by atoms with Crippen LogP contribution in [0, 0.1) is 22.7 Å². The molecule has 2 bridgehead atoms. The van der Waals surface area contributed by atoms with Gasteiger partial charge >= 0.3 is 7.82 Å². The van der Waals surface area contributed by atoms with Crippen molar-refractivity contribution in [1.82, 2.24) is 43.9 Å². The number of carbonyl (C=O) groups is 1. The number of imidazole rings is 2. The van der Waals surface area contributed by atoms with Crippen molar-refractivity contribution in [2.24, 2.45) is 16.3 Å². The van der Waals surface area contributed by atoms with Crippen molar-refractivity contribution in [3.05, 3.63) is 65.2 Å². The van der Waals surface area contributed by atoms with Gasteiger partial charge < -0.3 is 38.9 Å². The Morgan fingerprint density at radius 1 is 1.13 bits per heavy atom. The second kappa shape index (κ2) is 17.3. The lowest BCUT2D eigenvalue weighted by Crippen LogP contribution is -2.49. The zero-order valence-corrected chi connectivity index (χ0v) is 39.9. The van der Waals surface area contributed by atoms with Crippen LogP contribution in [0.2, 0.25) is 18.1 Å². The maximum atomic E-state index is 15.0. The summed E-state index contributed by atoms with van der Waals surface area (Å²) < 4.78 is 56.2. The molecule has 23 nitrogen and oxygen atoms in total. The summed E-state index contributed by atoms with van der Waals surface area (Å²) in [5.74, 6) is -0.486. The first-order valence-corrected chi connectivity index (χ1v) is 26.1. The molecule has 2 saturated heterocycles. The Morgan fingerprint density at radius 3 is 2.60 bits per heavy atom. The Labute approximate surface area is 385 Å². The van der Waals surface area contributed by atoms with Gasteiger partial charge in [0.1, 0.15) is 24.1 Å². The summed E-state index contributed by atoms with van der Waals surface area (Å²) in [6, 6.07) is 10.1. The number of hydrogen-bond donors (Lipinski definition) is 4. The number of aliphatic hydroxyl groups excluding tert-OH is 2. The molecule has 1 aromatic carbocycles. The van der Waals surface area contributed by atoms with E-state index in [-0.39, 0.29) is 66.0 Å². The number of hydrogen-bond acceptors (Lipinski definition) is 18. The molecule has 0 spiro atoms. The van der Waals surface area contributed by atoms with Crippen LogP contribution in [0.5, 0.6) is 0 Å². The number of nitriles is 1. The molecule has 6 heterocycles. The van der Waals surface area contributed by atoms with Crippen molar-refractivity contribution in [3.63, 3.8) is 0 Å². The van der Waals surface area contributed by atoms with Crippen LogP contribution in [0.4, 0.5) is 11.8 Å². The lowest BCUT2D eigenvalue weighted by atomic mass is 10.0. The highest BCUT2D eigenvalue weighted by Crippen LogP contribution is 2.71. The zero-order chi connectivity index (χ0) is 47.7. The molecule has 10 atom stereocenters. The lowest BCUT2D eigenvalue weighted by molar-refractivity contribution is -0.185. The molecule has 4 N–H and O–H groups in total. The number of aliphatic hydroxyl groups is 2. The molecule has 9 rings (SSSR count). The first kappa shape index (κ1) is 46.8. The number of aliphatic imine (C=N–C) groups is 1. The van der Waals surface area contributed by atoms with Crippen molar-refractivity contribution in [1.29, 1.82) is 5.26 Å². The quantitative estimate of drug-likeness (QED) is 0.0338. The van der Waals surface area contributed by atoms with E-state index in [2.05, 4.69) is 74.1 Å². The second-order valence-electron chi connectivity index (χ2n) is 19.1. The van der Waals surface area contributed by atoms with Gasteiger partial charge in [-0.25, -0.2) is 29.5 Å². The Kier molecular flexibility index (Phi) is 12.1. The van der Waals surface area contributed by atoms with Gasteiger partial charge in [-0.3, -0.25) is 32.7 Å². The van der Waals surface area contributed by atoms with E-state index in [1.165, 1.54) is 23.6 Å². The van der Waals surface area contributed by atoms with Crippen LogP contribution >= 0.6 is 7.82 Å². The third kappa shape index (κ3) is 8.30. The van der Waals surface area contributed by atoms with E-state index < -0.39 is 76.0 Å². The van der Waals surface area contributed by atoms with E-state index >= 15 is 0 Å². The number of nitrogens with zero attached hydrogens (tertiary/aromatic N) is 10. The van der Waals surface area contributed by atoms with Gasteiger partial charge in [-0.1, -0.05) is 39.0 Å². The van der Waals surface area contributed by atoms with Gasteiger partial charge in [-0.2, -0.15) is 10.2 Å². The first-order valence-electron chi connectivity index (χ1n) is 21.8. The molecule has 2 unspecified atom stereocenters. The molecular formula is C42H53N12O11PSi. The molecule has 5 aromatic rings. The summed E-state index contributed by atoms with van der Waals surface area (Å²) in [4.78, 5) is 56.9. The van der Waals surface area contributed by atoms with Gasteiger partial charge in [0.15, 0.2) is 42.7 Å². The van der Waals surface area contributed by atoms with Crippen LogP contribution in [0.25, 0.3) is 22.3 Å². The molecule has 4 fully saturated rings. The lowest BCUT2D eigenvalue weighted by Gasteiger charge is -2.42. The van der Waals surface area contributed by atoms with E-state index in [1.54, 1.807) is 49.6 Å². The Bertz CT molecular complexity index is 2860. The maximum Gasteiger partial charge on any atom is 0.475 e. The molecule has 2 aliphatic carbocycles. The van der Waals surface area contributed by atoms with Gasteiger partial charge in [0, 0.05) is 25.1 Å². The number of benzene rings is 1. The standard InChI is InChI=1S/C42H53N12O11PSi/c1-40(2,3)67(6,7)65-29-28(53-22-46-26-33(44-20-45-34(26)53)49-36(57)24-12-9-8-10-13-24)25-16-41(25,31(29)56)18-62-66(59,61-15-11-14-43)64-32-30-38(63-42(32,17-55)19-60-30)54-23-47-27-35(54)50-39(51-37(27)58)48-21-52(4)5/h8-10,12-13,20-23,25,28-32,38,55-56H,11,15-19H2,1-7H3,(H,50,51,58)(H,44,45,49,57)/b48-21+/t25-,28-,29+,30-,31+,32+,38-,41?,42+,66?/m1/s1. The number of aromatic nitrogens is 8. The average Bonchev–Trinajstić information content (AvgIpc) is 3.71. The number of rotatable bonds is 17. The molecule has 1 amide bonds. The fraction of sp³-hybridized carbons (Fsp3) is 0.548. The predicted molar refractivity (Wildman–Crippen MR) is 242 cm³/mol. The fourth-order valence-electron chi connectivity index (χ4n) is 8.94. The normalized spacial score (nSPS) is 28.8. The highest BCUT2D eigenvalue weighted by Gasteiger charge is 2.74. The van der Waals surface area contributed by atoms with Crippen LogP contribution in [-0.4, -0.2) is 145 Å². The molecule has 2 saturated carbocycles. The molecule has 67 heavy (non-hydrogen) atoms. The largest absolute Gasteiger partial charge is 0.475 e. The molecule has 4 aromatic heterocycles. The van der Waals surface area contributed by atoms with Crippen molar-refractivity contribution in [2.75, 3.05) is 45.8 Å². The van der Waals surface area contributed by atoms with E-state index in [9.17, 15) is 29.6 Å². The number of carbonyl (C=O) groups excluding carboxylic acids is 1. The van der Waals surface area contributed by atoms with Crippen molar-refractivity contribution >= 4 is 62.5 Å². The zero-order valence-electron chi connectivity index (χ0n) is 38.0. The highest BCUT2D eigenvalue weighted by atomic mass is 31.2. The third-order valence-electron chi connectivity index (χ3n) is 13.6. The van der Waals surface area contributed by atoms with Gasteiger partial charge in [0.05, 0.1) is 76.2 Å². The number of ether oxygens (including phenoxy) is 2. The minimum atomic E-state index is -4.69. The monoisotopic (exact) mass is 960 g/mol. The number of nitrogens with one attached hydrogen (secondary N) is 2. The van der Waals surface area contributed by atoms with E-state index in [0.717, 1.165) is 0 Å². The molecule has 356 valence electrons. The number of phosphoric acid groups is 1. The Hall–Kier alpha value is -5.32. The summed E-state index contributed by atoms with van der Waals surface area (Å²) in [7, 11) is -3.75. The Balaban J connectivity index is 1.01. The number of H-pyrrole nitrogens is 1. The van der Waals surface area contributed by atoms with E-state index in [1.807, 2.05) is 16.7 Å². The van der Waals surface area contributed by atoms with Gasteiger partial charge in [0.25, 0.3) is 11.5 Å². The Morgan fingerprint density at radius 2 is 1.88 bits per heavy atom. The SMILES string of the molecule is CN(C)/C=N/c1nc2c(ncn2[C@@H]2O[C@@]3(CO)CO[C@@H]2[C@@H]3OP(=O)(OCCC#N)OCC23C[C@@H]2[C@@H](n2cnc4c(NC(=O)c5ccccc5)ncnc42)[C@H](O[Si](C)(C)C(C)(C)C)[C@@H]3O)c(=O)[nH]1. The first-order chi connectivity index (χ1) is 31.8. The van der Waals surface area contributed by atoms with Crippen LogP contribution in [0.1, 0.15) is 56.2 Å². The van der Waals surface area contributed by atoms with E-state index in [0.29, 0.717) is 23.1 Å². The molecule has 2 aliphatic heterocycles. The van der Waals surface area contributed by atoms with Gasteiger partial charge in [-0.05, 0) is 42.6 Å².